The van der Waals surface area contributed by atoms with Crippen molar-refractivity contribution in [3.05, 3.63) is 82.3 Å². The summed E-state index contributed by atoms with van der Waals surface area (Å²) in [6, 6.07) is 18.5. The molecule has 0 heterocycles. The molecule has 0 bridgehead atoms. The number of rotatable bonds is 7. The third kappa shape index (κ3) is 5.92. The molecule has 0 aliphatic rings. The molecule has 0 aliphatic carbocycles. The molecular formula is C21H18Cl2N2O3S2. The van der Waals surface area contributed by atoms with Crippen LogP contribution in [0.2, 0.25) is 10.0 Å². The number of hydrogen-bond donors (Lipinski definition) is 2. The van der Waals surface area contributed by atoms with Crippen LogP contribution in [-0.2, 0) is 14.8 Å². The van der Waals surface area contributed by atoms with Crippen LogP contribution >= 0.6 is 35.0 Å². The summed E-state index contributed by atoms with van der Waals surface area (Å²) >= 11 is 13.4. The van der Waals surface area contributed by atoms with E-state index >= 15 is 0 Å². The Kier molecular flexibility index (Phi) is 7.31. The first-order chi connectivity index (χ1) is 14.2. The minimum Gasteiger partial charge on any atom is -0.325 e. The van der Waals surface area contributed by atoms with E-state index in [-0.39, 0.29) is 32.3 Å². The van der Waals surface area contributed by atoms with Crippen LogP contribution in [0.1, 0.15) is 5.56 Å². The molecular weight excluding hydrogens is 463 g/mol. The Morgan fingerprint density at radius 2 is 1.63 bits per heavy atom. The molecule has 0 radical (unpaired) electrons. The topological polar surface area (TPSA) is 75.3 Å². The molecule has 0 aromatic heterocycles. The van der Waals surface area contributed by atoms with Crippen molar-refractivity contribution >= 4 is 62.3 Å². The van der Waals surface area contributed by atoms with Crippen LogP contribution in [0.3, 0.4) is 0 Å². The van der Waals surface area contributed by atoms with Gasteiger partial charge in [-0.05, 0) is 55.5 Å². The normalized spacial score (nSPS) is 11.2. The molecule has 3 aromatic rings. The van der Waals surface area contributed by atoms with Gasteiger partial charge < -0.3 is 5.32 Å². The van der Waals surface area contributed by atoms with Crippen molar-refractivity contribution in [2.45, 2.75) is 16.7 Å². The van der Waals surface area contributed by atoms with Crippen molar-refractivity contribution in [1.29, 1.82) is 0 Å². The van der Waals surface area contributed by atoms with Crippen molar-refractivity contribution in [2.75, 3.05) is 15.8 Å². The molecule has 3 aromatic carbocycles. The van der Waals surface area contributed by atoms with Gasteiger partial charge in [-0.3, -0.25) is 9.52 Å². The van der Waals surface area contributed by atoms with Crippen LogP contribution in [-0.4, -0.2) is 20.1 Å². The molecule has 0 atom stereocenters. The standard InChI is InChI=1S/C21H18Cl2N2O3S2/c1-14-5-9-16(10-6-14)29-13-20(26)24-15-7-11-17(12-8-15)30(27,28)25-19-4-2-3-18(22)21(19)23/h2-12,25H,13H2,1H3,(H,24,26). The Hall–Kier alpha value is -2.19. The molecule has 0 aliphatic heterocycles. The zero-order valence-electron chi connectivity index (χ0n) is 15.9. The van der Waals surface area contributed by atoms with Gasteiger partial charge in [0.15, 0.2) is 0 Å². The summed E-state index contributed by atoms with van der Waals surface area (Å²) in [6.07, 6.45) is 0. The van der Waals surface area contributed by atoms with Gasteiger partial charge in [0.05, 0.1) is 26.4 Å². The summed E-state index contributed by atoms with van der Waals surface area (Å²) in [5.74, 6) is 0.0674. The molecule has 3 rings (SSSR count). The third-order valence-corrected chi connectivity index (χ3v) is 7.25. The summed E-state index contributed by atoms with van der Waals surface area (Å²) < 4.78 is 27.6. The lowest BCUT2D eigenvalue weighted by atomic mass is 10.2. The number of aryl methyl sites for hydroxylation is 1. The second-order valence-electron chi connectivity index (χ2n) is 6.38. The minimum atomic E-state index is -3.86. The quantitative estimate of drug-likeness (QED) is 0.416. The first-order valence-corrected chi connectivity index (χ1v) is 12.0. The van der Waals surface area contributed by atoms with Gasteiger partial charge in [-0.25, -0.2) is 8.42 Å². The lowest BCUT2D eigenvalue weighted by molar-refractivity contribution is -0.113. The van der Waals surface area contributed by atoms with Gasteiger partial charge >= 0.3 is 0 Å². The van der Waals surface area contributed by atoms with Crippen LogP contribution < -0.4 is 10.0 Å². The van der Waals surface area contributed by atoms with Crippen molar-refractivity contribution in [1.82, 2.24) is 0 Å². The van der Waals surface area contributed by atoms with Gasteiger partial charge in [0.1, 0.15) is 0 Å². The fourth-order valence-corrected chi connectivity index (χ4v) is 4.66. The summed E-state index contributed by atoms with van der Waals surface area (Å²) in [5, 5.41) is 3.13. The predicted octanol–water partition coefficient (Wildman–Crippen LogP) is 5.83. The van der Waals surface area contributed by atoms with Crippen LogP contribution in [0, 0.1) is 6.92 Å². The lowest BCUT2D eigenvalue weighted by Crippen LogP contribution is -2.15. The van der Waals surface area contributed by atoms with Crippen molar-refractivity contribution < 1.29 is 13.2 Å². The first kappa shape index (κ1) is 22.5. The number of amides is 1. The highest BCUT2D eigenvalue weighted by Gasteiger charge is 2.17. The number of anilines is 2. The SMILES string of the molecule is Cc1ccc(SCC(=O)Nc2ccc(S(=O)(=O)Nc3cccc(Cl)c3Cl)cc2)cc1. The van der Waals surface area contributed by atoms with Crippen LogP contribution in [0.25, 0.3) is 0 Å². The molecule has 0 unspecified atom stereocenters. The van der Waals surface area contributed by atoms with Crippen molar-refractivity contribution in [3.63, 3.8) is 0 Å². The summed E-state index contributed by atoms with van der Waals surface area (Å²) in [5.41, 5.74) is 1.85. The van der Waals surface area contributed by atoms with E-state index in [4.69, 9.17) is 23.2 Å². The van der Waals surface area contributed by atoms with E-state index in [0.29, 0.717) is 5.69 Å². The second-order valence-corrected chi connectivity index (χ2v) is 9.90. The summed E-state index contributed by atoms with van der Waals surface area (Å²) in [6.45, 7) is 2.00. The Balaban J connectivity index is 1.61. The number of sulfonamides is 1. The van der Waals surface area contributed by atoms with E-state index in [1.165, 1.54) is 42.1 Å². The molecule has 1 amide bonds. The number of halogens is 2. The summed E-state index contributed by atoms with van der Waals surface area (Å²) in [7, 11) is -3.86. The van der Waals surface area contributed by atoms with E-state index in [9.17, 15) is 13.2 Å². The van der Waals surface area contributed by atoms with E-state index in [0.717, 1.165) is 10.5 Å². The molecule has 0 saturated carbocycles. The average Bonchev–Trinajstić information content (AvgIpc) is 2.71. The Bertz CT molecular complexity index is 1150. The number of thioether (sulfide) groups is 1. The molecule has 2 N–H and O–H groups in total. The Labute approximate surface area is 189 Å². The number of benzene rings is 3. The first-order valence-electron chi connectivity index (χ1n) is 8.81. The maximum absolute atomic E-state index is 12.6. The predicted molar refractivity (Wildman–Crippen MR) is 124 cm³/mol. The molecule has 0 spiro atoms. The van der Waals surface area contributed by atoms with E-state index < -0.39 is 10.0 Å². The molecule has 5 nitrogen and oxygen atoms in total. The van der Waals surface area contributed by atoms with E-state index in [1.807, 2.05) is 31.2 Å². The van der Waals surface area contributed by atoms with E-state index in [1.54, 1.807) is 12.1 Å². The van der Waals surface area contributed by atoms with Crippen LogP contribution in [0.15, 0.2) is 76.5 Å². The Morgan fingerprint density at radius 1 is 0.967 bits per heavy atom. The van der Waals surface area contributed by atoms with Gasteiger partial charge in [-0.1, -0.05) is 47.0 Å². The maximum Gasteiger partial charge on any atom is 0.261 e. The average molecular weight is 481 g/mol. The molecule has 0 saturated heterocycles. The van der Waals surface area contributed by atoms with Gasteiger partial charge in [-0.2, -0.15) is 0 Å². The van der Waals surface area contributed by atoms with Crippen molar-refractivity contribution in [2.24, 2.45) is 0 Å². The fraction of sp³-hybridized carbons (Fsp3) is 0.0952. The van der Waals surface area contributed by atoms with Gasteiger partial charge in [0.25, 0.3) is 10.0 Å². The van der Waals surface area contributed by atoms with Gasteiger partial charge in [0, 0.05) is 10.6 Å². The third-order valence-electron chi connectivity index (χ3n) is 4.04. The fourth-order valence-electron chi connectivity index (χ4n) is 2.48. The second kappa shape index (κ2) is 9.75. The largest absolute Gasteiger partial charge is 0.325 e. The smallest absolute Gasteiger partial charge is 0.261 e. The summed E-state index contributed by atoms with van der Waals surface area (Å²) in [4.78, 5) is 13.2. The molecule has 30 heavy (non-hydrogen) atoms. The molecule has 156 valence electrons. The highest BCUT2D eigenvalue weighted by atomic mass is 35.5. The zero-order valence-corrected chi connectivity index (χ0v) is 19.0. The molecule has 9 heteroatoms. The maximum atomic E-state index is 12.6. The van der Waals surface area contributed by atoms with Gasteiger partial charge in [0.2, 0.25) is 5.91 Å². The van der Waals surface area contributed by atoms with Crippen LogP contribution in [0.4, 0.5) is 11.4 Å². The van der Waals surface area contributed by atoms with Gasteiger partial charge in [-0.15, -0.1) is 11.8 Å². The molecule has 0 fully saturated rings. The van der Waals surface area contributed by atoms with Crippen LogP contribution in [0.5, 0.6) is 0 Å². The minimum absolute atomic E-state index is 0.0329. The monoisotopic (exact) mass is 480 g/mol. The zero-order chi connectivity index (χ0) is 21.7. The van der Waals surface area contributed by atoms with Crippen molar-refractivity contribution in [3.8, 4) is 0 Å². The Morgan fingerprint density at radius 3 is 2.30 bits per heavy atom. The highest BCUT2D eigenvalue weighted by Crippen LogP contribution is 2.31. The number of nitrogens with one attached hydrogen (secondary N) is 2. The lowest BCUT2D eigenvalue weighted by Gasteiger charge is -2.11. The number of hydrogen-bond acceptors (Lipinski definition) is 4. The number of carbonyl (C=O) groups excluding carboxylic acids is 1. The van der Waals surface area contributed by atoms with E-state index in [2.05, 4.69) is 10.0 Å². The number of carbonyl (C=O) groups is 1. The highest BCUT2D eigenvalue weighted by molar-refractivity contribution is 8.00.